The molecule has 0 radical (unpaired) electrons. The summed E-state index contributed by atoms with van der Waals surface area (Å²) in [6.07, 6.45) is 0.0743. The Labute approximate surface area is 105 Å². The van der Waals surface area contributed by atoms with Crippen LogP contribution >= 0.6 is 11.6 Å². The van der Waals surface area contributed by atoms with Crippen LogP contribution in [0, 0.1) is 11.3 Å². The van der Waals surface area contributed by atoms with E-state index in [9.17, 15) is 8.42 Å². The molecule has 1 unspecified atom stereocenters. The molecule has 1 saturated heterocycles. The van der Waals surface area contributed by atoms with Crippen molar-refractivity contribution in [2.24, 2.45) is 0 Å². The van der Waals surface area contributed by atoms with Gasteiger partial charge < -0.3 is 4.74 Å². The summed E-state index contributed by atoms with van der Waals surface area (Å²) in [6.45, 7) is 0. The van der Waals surface area contributed by atoms with Crippen molar-refractivity contribution in [1.29, 1.82) is 5.26 Å². The molecule has 90 valence electrons. The number of ether oxygens (including phenoxy) is 1. The van der Waals surface area contributed by atoms with Crippen LogP contribution in [0.4, 0.5) is 0 Å². The molecule has 1 aliphatic rings. The molecular weight excluding hydrogens is 262 g/mol. The summed E-state index contributed by atoms with van der Waals surface area (Å²) in [5, 5.41) is 9.25. The number of sulfone groups is 1. The Bertz CT molecular complexity index is 577. The molecule has 4 nitrogen and oxygen atoms in total. The first-order valence-corrected chi connectivity index (χ1v) is 7.27. The van der Waals surface area contributed by atoms with E-state index in [4.69, 9.17) is 21.6 Å². The Kier molecular flexibility index (Phi) is 3.27. The van der Waals surface area contributed by atoms with Gasteiger partial charge in [0.15, 0.2) is 9.84 Å². The van der Waals surface area contributed by atoms with Crippen molar-refractivity contribution in [2.75, 3.05) is 11.5 Å². The SMILES string of the molecule is N#Cc1c(Cl)cccc1OC1CCS(=O)(=O)C1. The fourth-order valence-electron chi connectivity index (χ4n) is 1.74. The summed E-state index contributed by atoms with van der Waals surface area (Å²) in [6, 6.07) is 6.84. The molecule has 0 saturated carbocycles. The molecule has 0 N–H and O–H groups in total. The Morgan fingerprint density at radius 1 is 1.47 bits per heavy atom. The molecule has 1 atom stereocenters. The highest BCUT2D eigenvalue weighted by molar-refractivity contribution is 7.91. The van der Waals surface area contributed by atoms with E-state index in [0.717, 1.165) is 0 Å². The predicted molar refractivity (Wildman–Crippen MR) is 63.9 cm³/mol. The average molecular weight is 272 g/mol. The molecule has 1 aliphatic heterocycles. The molecule has 0 aromatic heterocycles. The van der Waals surface area contributed by atoms with Gasteiger partial charge in [-0.2, -0.15) is 5.26 Å². The third kappa shape index (κ3) is 2.71. The predicted octanol–water partition coefficient (Wildman–Crippen LogP) is 1.78. The maximum absolute atomic E-state index is 11.3. The zero-order valence-corrected chi connectivity index (χ0v) is 10.5. The standard InChI is InChI=1S/C11H10ClNO3S/c12-10-2-1-3-11(9(10)6-13)16-8-4-5-17(14,15)7-8/h1-3,8H,4-5,7H2. The van der Waals surface area contributed by atoms with E-state index < -0.39 is 9.84 Å². The van der Waals surface area contributed by atoms with Gasteiger partial charge in [-0.1, -0.05) is 17.7 Å². The quantitative estimate of drug-likeness (QED) is 0.822. The van der Waals surface area contributed by atoms with Crippen molar-refractivity contribution in [3.05, 3.63) is 28.8 Å². The molecule has 17 heavy (non-hydrogen) atoms. The van der Waals surface area contributed by atoms with Gasteiger partial charge in [-0.15, -0.1) is 0 Å². The summed E-state index contributed by atoms with van der Waals surface area (Å²) in [4.78, 5) is 0. The van der Waals surface area contributed by atoms with Gasteiger partial charge in [0, 0.05) is 0 Å². The number of halogens is 1. The van der Waals surface area contributed by atoms with Gasteiger partial charge in [-0.05, 0) is 18.6 Å². The molecule has 1 heterocycles. The molecule has 2 rings (SSSR count). The van der Waals surface area contributed by atoms with E-state index in [-0.39, 0.29) is 23.2 Å². The second-order valence-electron chi connectivity index (χ2n) is 3.87. The highest BCUT2D eigenvalue weighted by atomic mass is 35.5. The molecule has 1 fully saturated rings. The lowest BCUT2D eigenvalue weighted by Crippen LogP contribution is -2.18. The lowest BCUT2D eigenvalue weighted by atomic mass is 10.2. The van der Waals surface area contributed by atoms with Crippen LogP contribution < -0.4 is 4.74 Å². The first-order valence-electron chi connectivity index (χ1n) is 5.07. The summed E-state index contributed by atoms with van der Waals surface area (Å²) >= 11 is 5.85. The van der Waals surface area contributed by atoms with Crippen molar-refractivity contribution < 1.29 is 13.2 Å². The summed E-state index contributed by atoms with van der Waals surface area (Å²) in [5.41, 5.74) is 0.249. The van der Waals surface area contributed by atoms with Crippen molar-refractivity contribution in [3.63, 3.8) is 0 Å². The van der Waals surface area contributed by atoms with Gasteiger partial charge in [-0.25, -0.2) is 8.42 Å². The van der Waals surface area contributed by atoms with Gasteiger partial charge in [0.05, 0.1) is 16.5 Å². The third-order valence-electron chi connectivity index (χ3n) is 2.57. The number of hydrogen-bond acceptors (Lipinski definition) is 4. The van der Waals surface area contributed by atoms with Gasteiger partial charge in [0.1, 0.15) is 23.5 Å². The van der Waals surface area contributed by atoms with Gasteiger partial charge in [-0.3, -0.25) is 0 Å². The van der Waals surface area contributed by atoms with Crippen LogP contribution in [0.5, 0.6) is 5.75 Å². The highest BCUT2D eigenvalue weighted by Crippen LogP contribution is 2.28. The third-order valence-corrected chi connectivity index (χ3v) is 4.62. The molecule has 6 heteroatoms. The molecule has 0 aliphatic carbocycles. The minimum atomic E-state index is -2.99. The van der Waals surface area contributed by atoms with Crippen molar-refractivity contribution in [1.82, 2.24) is 0 Å². The fourth-order valence-corrected chi connectivity index (χ4v) is 3.54. The normalized spacial score (nSPS) is 22.0. The van der Waals surface area contributed by atoms with Crippen LogP contribution in [-0.4, -0.2) is 26.0 Å². The topological polar surface area (TPSA) is 67.2 Å². The van der Waals surface area contributed by atoms with Crippen LogP contribution in [0.2, 0.25) is 5.02 Å². The van der Waals surface area contributed by atoms with Crippen LogP contribution in [0.15, 0.2) is 18.2 Å². The lowest BCUT2D eigenvalue weighted by Gasteiger charge is -2.13. The zero-order chi connectivity index (χ0) is 12.5. The first kappa shape index (κ1) is 12.2. The Hall–Kier alpha value is -1.25. The van der Waals surface area contributed by atoms with Crippen molar-refractivity contribution in [3.8, 4) is 11.8 Å². The Balaban J connectivity index is 2.21. The summed E-state index contributed by atoms with van der Waals surface area (Å²) in [7, 11) is -2.99. The van der Waals surface area contributed by atoms with Crippen LogP contribution in [0.3, 0.4) is 0 Å². The second-order valence-corrected chi connectivity index (χ2v) is 6.50. The molecule has 0 bridgehead atoms. The summed E-state index contributed by atoms with van der Waals surface area (Å²) < 4.78 is 28.1. The molecule has 0 amide bonds. The second kappa shape index (κ2) is 4.55. The van der Waals surface area contributed by atoms with Crippen molar-refractivity contribution >= 4 is 21.4 Å². The molecule has 0 spiro atoms. The molecule has 1 aromatic rings. The smallest absolute Gasteiger partial charge is 0.154 e. The molecule has 1 aromatic carbocycles. The number of nitriles is 1. The monoisotopic (exact) mass is 271 g/mol. The highest BCUT2D eigenvalue weighted by Gasteiger charge is 2.30. The van der Waals surface area contributed by atoms with E-state index in [2.05, 4.69) is 0 Å². The van der Waals surface area contributed by atoms with Crippen LogP contribution in [-0.2, 0) is 9.84 Å². The first-order chi connectivity index (χ1) is 8.02. The largest absolute Gasteiger partial charge is 0.488 e. The van der Waals surface area contributed by atoms with Crippen molar-refractivity contribution in [2.45, 2.75) is 12.5 Å². The number of benzene rings is 1. The van der Waals surface area contributed by atoms with E-state index in [1.165, 1.54) is 0 Å². The van der Waals surface area contributed by atoms with Gasteiger partial charge >= 0.3 is 0 Å². The van der Waals surface area contributed by atoms with E-state index in [1.54, 1.807) is 18.2 Å². The zero-order valence-electron chi connectivity index (χ0n) is 8.89. The molecular formula is C11H10ClNO3S. The van der Waals surface area contributed by atoms with Crippen LogP contribution in [0.25, 0.3) is 0 Å². The lowest BCUT2D eigenvalue weighted by molar-refractivity contribution is 0.228. The Morgan fingerprint density at radius 3 is 2.82 bits per heavy atom. The number of rotatable bonds is 2. The summed E-state index contributed by atoms with van der Waals surface area (Å²) in [5.74, 6) is 0.493. The maximum atomic E-state index is 11.3. The van der Waals surface area contributed by atoms with Gasteiger partial charge in [0.2, 0.25) is 0 Å². The fraction of sp³-hybridized carbons (Fsp3) is 0.364. The van der Waals surface area contributed by atoms with Crippen LogP contribution in [0.1, 0.15) is 12.0 Å². The van der Waals surface area contributed by atoms with Gasteiger partial charge in [0.25, 0.3) is 0 Å². The minimum absolute atomic E-state index is 0.00435. The minimum Gasteiger partial charge on any atom is -0.488 e. The number of nitrogens with zero attached hydrogens (tertiary/aromatic N) is 1. The number of hydrogen-bond donors (Lipinski definition) is 0. The Morgan fingerprint density at radius 2 is 2.24 bits per heavy atom. The average Bonchev–Trinajstić information content (AvgIpc) is 2.58. The van der Waals surface area contributed by atoms with E-state index in [0.29, 0.717) is 17.2 Å². The maximum Gasteiger partial charge on any atom is 0.154 e. The van der Waals surface area contributed by atoms with E-state index >= 15 is 0 Å². The van der Waals surface area contributed by atoms with E-state index in [1.807, 2.05) is 6.07 Å².